The number of carbonyl (C=O) groups is 2. The Hall–Kier alpha value is -1.76. The van der Waals surface area contributed by atoms with Crippen molar-refractivity contribution in [2.45, 2.75) is 319 Å². The molecule has 0 bridgehead atoms. The summed E-state index contributed by atoms with van der Waals surface area (Å²) in [5.74, 6) is -0.914. The third-order valence-electron chi connectivity index (χ3n) is 14.5. The summed E-state index contributed by atoms with van der Waals surface area (Å²) in [7, 11) is 0. The van der Waals surface area contributed by atoms with Crippen molar-refractivity contribution in [1.82, 2.24) is 0 Å². The van der Waals surface area contributed by atoms with E-state index in [1.165, 1.54) is 167 Å². The summed E-state index contributed by atoms with van der Waals surface area (Å²) in [6, 6.07) is 0. The molecule has 0 aromatic carbocycles. The van der Waals surface area contributed by atoms with Gasteiger partial charge >= 0.3 is 11.9 Å². The second kappa shape index (κ2) is 45.3. The van der Waals surface area contributed by atoms with Crippen LogP contribution in [0.25, 0.3) is 0 Å². The fraction of sp³-hybridized carbons (Fsp3) is 0.931. The topological polar surface area (TPSA) is 231 Å². The van der Waals surface area contributed by atoms with Crippen LogP contribution >= 0.6 is 0 Å². The van der Waals surface area contributed by atoms with Crippen LogP contribution in [-0.4, -0.2) is 142 Å². The van der Waals surface area contributed by atoms with Crippen LogP contribution in [0.3, 0.4) is 0 Å². The van der Waals surface area contributed by atoms with Crippen molar-refractivity contribution in [3.05, 3.63) is 12.2 Å². The molecule has 0 saturated carbocycles. The predicted molar refractivity (Wildman–Crippen MR) is 285 cm³/mol. The van der Waals surface area contributed by atoms with Crippen LogP contribution in [-0.2, 0) is 38.0 Å². The molecule has 2 fully saturated rings. The Morgan fingerprint density at radius 3 is 1.22 bits per heavy atom. The van der Waals surface area contributed by atoms with E-state index in [9.17, 15) is 45.3 Å². The molecule has 2 aliphatic rings. The van der Waals surface area contributed by atoms with Crippen LogP contribution in [0.4, 0.5) is 0 Å². The zero-order valence-electron chi connectivity index (χ0n) is 45.9. The Morgan fingerprint density at radius 1 is 0.425 bits per heavy atom. The third-order valence-corrected chi connectivity index (χ3v) is 14.5. The summed E-state index contributed by atoms with van der Waals surface area (Å²) in [4.78, 5) is 25.9. The first-order valence-electron chi connectivity index (χ1n) is 29.8. The SMILES string of the molecule is CCCCCC/C=C/CCCCCCCCCC(=O)OC[C@H](CO[C@H]1O[C@@H](CO[C@H]2O[C@@H](CO)[C@@H](O)C(O)C2O)[C@@H](O)C(O)C1O)OC(=O)CCCCCCCCCCCCCCCCCCCCCCCC. The van der Waals surface area contributed by atoms with Crippen LogP contribution in [0.15, 0.2) is 12.2 Å². The highest BCUT2D eigenvalue weighted by molar-refractivity contribution is 5.70. The molecule has 0 aromatic rings. The number of aliphatic hydroxyl groups is 7. The maximum atomic E-state index is 13.1. The average molecular weight is 1050 g/mol. The number of aliphatic hydroxyl groups excluding tert-OH is 7. The van der Waals surface area contributed by atoms with Crippen molar-refractivity contribution < 1.29 is 73.8 Å². The Morgan fingerprint density at radius 2 is 0.781 bits per heavy atom. The lowest BCUT2D eigenvalue weighted by atomic mass is 9.98. The van der Waals surface area contributed by atoms with Crippen LogP contribution in [0.2, 0.25) is 0 Å². The summed E-state index contributed by atoms with van der Waals surface area (Å²) >= 11 is 0. The molecule has 0 aromatic heterocycles. The van der Waals surface area contributed by atoms with E-state index in [-0.39, 0.29) is 26.1 Å². The molecule has 73 heavy (non-hydrogen) atoms. The van der Waals surface area contributed by atoms with Gasteiger partial charge < -0.3 is 64.2 Å². The smallest absolute Gasteiger partial charge is 0.306 e. The molecule has 0 radical (unpaired) electrons. The van der Waals surface area contributed by atoms with E-state index in [4.69, 9.17) is 28.4 Å². The van der Waals surface area contributed by atoms with Gasteiger partial charge in [-0.2, -0.15) is 0 Å². The predicted octanol–water partition coefficient (Wildman–Crippen LogP) is 10.1. The van der Waals surface area contributed by atoms with Gasteiger partial charge in [-0.25, -0.2) is 0 Å². The van der Waals surface area contributed by atoms with Crippen LogP contribution in [0, 0.1) is 0 Å². The molecule has 2 heterocycles. The van der Waals surface area contributed by atoms with Crippen molar-refractivity contribution in [3.63, 3.8) is 0 Å². The molecule has 11 atom stereocenters. The molecule has 430 valence electrons. The Balaban J connectivity index is 1.73. The van der Waals surface area contributed by atoms with Gasteiger partial charge in [-0.15, -0.1) is 0 Å². The molecule has 0 spiro atoms. The van der Waals surface area contributed by atoms with E-state index in [2.05, 4.69) is 26.0 Å². The average Bonchev–Trinajstić information content (AvgIpc) is 3.38. The highest BCUT2D eigenvalue weighted by Gasteiger charge is 2.47. The number of carbonyl (C=O) groups excluding carboxylic acids is 2. The summed E-state index contributed by atoms with van der Waals surface area (Å²) in [6.45, 7) is 2.63. The van der Waals surface area contributed by atoms with Gasteiger partial charge in [0.15, 0.2) is 18.7 Å². The second-order valence-electron chi connectivity index (χ2n) is 21.2. The maximum absolute atomic E-state index is 13.1. The van der Waals surface area contributed by atoms with Gasteiger partial charge in [0, 0.05) is 12.8 Å². The lowest BCUT2D eigenvalue weighted by molar-refractivity contribution is -0.332. The number of hydrogen-bond acceptors (Lipinski definition) is 15. The van der Waals surface area contributed by atoms with Crippen LogP contribution in [0.1, 0.15) is 251 Å². The molecule has 2 rings (SSSR count). The van der Waals surface area contributed by atoms with Gasteiger partial charge in [0.05, 0.1) is 19.8 Å². The first-order chi connectivity index (χ1) is 35.5. The first-order valence-corrected chi connectivity index (χ1v) is 29.8. The summed E-state index contributed by atoms with van der Waals surface area (Å²) in [6.07, 6.45) is 30.9. The number of unbranched alkanes of at least 4 members (excludes halogenated alkanes) is 32. The molecular weight excluding hydrogens is 937 g/mol. The van der Waals surface area contributed by atoms with Crippen molar-refractivity contribution in [2.24, 2.45) is 0 Å². The molecule has 0 aliphatic carbocycles. The van der Waals surface area contributed by atoms with E-state index < -0.39 is 92.7 Å². The van der Waals surface area contributed by atoms with E-state index in [1.54, 1.807) is 0 Å². The fourth-order valence-corrected chi connectivity index (χ4v) is 9.63. The van der Waals surface area contributed by atoms with Crippen molar-refractivity contribution in [2.75, 3.05) is 26.4 Å². The summed E-state index contributed by atoms with van der Waals surface area (Å²) < 4.78 is 33.7. The number of ether oxygens (including phenoxy) is 6. The van der Waals surface area contributed by atoms with Crippen molar-refractivity contribution in [1.29, 1.82) is 0 Å². The monoisotopic (exact) mass is 1040 g/mol. The minimum atomic E-state index is -1.76. The van der Waals surface area contributed by atoms with E-state index in [0.717, 1.165) is 44.9 Å². The van der Waals surface area contributed by atoms with Gasteiger partial charge in [-0.1, -0.05) is 212 Å². The van der Waals surface area contributed by atoms with Gasteiger partial charge in [-0.3, -0.25) is 9.59 Å². The molecule has 4 unspecified atom stereocenters. The van der Waals surface area contributed by atoms with Crippen molar-refractivity contribution in [3.8, 4) is 0 Å². The molecular formula is C58H108O15. The van der Waals surface area contributed by atoms with E-state index >= 15 is 0 Å². The molecule has 7 N–H and O–H groups in total. The lowest BCUT2D eigenvalue weighted by Crippen LogP contribution is -2.61. The number of hydrogen-bond donors (Lipinski definition) is 7. The summed E-state index contributed by atoms with van der Waals surface area (Å²) in [5.41, 5.74) is 0. The zero-order valence-corrected chi connectivity index (χ0v) is 45.9. The quantitative estimate of drug-likeness (QED) is 0.0171. The van der Waals surface area contributed by atoms with Crippen LogP contribution < -0.4 is 0 Å². The Bertz CT molecular complexity index is 1320. The highest BCUT2D eigenvalue weighted by Crippen LogP contribution is 2.27. The maximum Gasteiger partial charge on any atom is 0.306 e. The van der Waals surface area contributed by atoms with Crippen molar-refractivity contribution >= 4 is 11.9 Å². The third kappa shape index (κ3) is 32.6. The largest absolute Gasteiger partial charge is 0.462 e. The number of rotatable bonds is 48. The van der Waals surface area contributed by atoms with Gasteiger partial charge in [0.25, 0.3) is 0 Å². The van der Waals surface area contributed by atoms with E-state index in [1.807, 2.05) is 0 Å². The van der Waals surface area contributed by atoms with E-state index in [0.29, 0.717) is 12.8 Å². The van der Waals surface area contributed by atoms with Gasteiger partial charge in [0.1, 0.15) is 55.4 Å². The molecule has 15 nitrogen and oxygen atoms in total. The molecule has 0 amide bonds. The minimum absolute atomic E-state index is 0.171. The normalized spacial score (nSPS) is 24.8. The Labute approximate surface area is 441 Å². The molecule has 2 aliphatic heterocycles. The standard InChI is InChI=1S/C58H108O15/c1-3-5-7-9-11-13-15-17-19-20-21-22-23-24-25-27-29-31-33-35-37-39-41-50(61)71-46(43-68-49(60)40-38-36-34-32-30-28-26-18-16-14-12-10-8-6-4-2)44-69-57-56(67)54(65)52(63)48(73-57)45-70-58-55(66)53(64)51(62)47(42-59)72-58/h14,16,46-48,51-59,62-67H,3-13,15,17-45H2,1-2H3/b16-14+/t46-,47+,48+,51-,52-,53?,54?,55?,56?,57+,58+/m1/s1. The Kier molecular flexibility index (Phi) is 41.8. The fourth-order valence-electron chi connectivity index (χ4n) is 9.63. The highest BCUT2D eigenvalue weighted by atomic mass is 16.7. The summed E-state index contributed by atoms with van der Waals surface area (Å²) in [5, 5.41) is 72.3. The minimum Gasteiger partial charge on any atom is -0.462 e. The lowest BCUT2D eigenvalue weighted by Gasteiger charge is -2.42. The molecule has 2 saturated heterocycles. The first kappa shape index (κ1) is 67.3. The second-order valence-corrected chi connectivity index (χ2v) is 21.2. The zero-order chi connectivity index (χ0) is 53.2. The van der Waals surface area contributed by atoms with Crippen LogP contribution in [0.5, 0.6) is 0 Å². The number of esters is 2. The van der Waals surface area contributed by atoms with Gasteiger partial charge in [-0.05, 0) is 38.5 Å². The van der Waals surface area contributed by atoms with Gasteiger partial charge in [0.2, 0.25) is 0 Å². The number of allylic oxidation sites excluding steroid dienone is 2. The molecule has 15 heteroatoms.